The molecule has 0 aromatic heterocycles. The summed E-state index contributed by atoms with van der Waals surface area (Å²) in [5.74, 6) is 0.248. The molecule has 0 saturated heterocycles. The number of fused-ring (bicyclic) bond motifs is 1. The lowest BCUT2D eigenvalue weighted by molar-refractivity contribution is -0.138. The van der Waals surface area contributed by atoms with Crippen LogP contribution >= 0.6 is 0 Å². The number of anilines is 1. The van der Waals surface area contributed by atoms with E-state index >= 15 is 0 Å². The van der Waals surface area contributed by atoms with E-state index in [0.29, 0.717) is 52.5 Å². The van der Waals surface area contributed by atoms with Crippen molar-refractivity contribution in [1.82, 2.24) is 10.2 Å². The second-order valence-corrected chi connectivity index (χ2v) is 9.03. The molecule has 3 amide bonds. The quantitative estimate of drug-likeness (QED) is 0.394. The van der Waals surface area contributed by atoms with Gasteiger partial charge in [-0.3, -0.25) is 9.69 Å². The Morgan fingerprint density at radius 1 is 1.00 bits per heavy atom. The Hall–Kier alpha value is -4.79. The largest absolute Gasteiger partial charge is 0.463 e. The van der Waals surface area contributed by atoms with Crippen LogP contribution < -0.4 is 20.1 Å². The average molecular weight is 528 g/mol. The van der Waals surface area contributed by atoms with Crippen LogP contribution in [0, 0.1) is 0 Å². The molecule has 3 aromatic rings. The molecule has 2 aliphatic heterocycles. The van der Waals surface area contributed by atoms with Crippen molar-refractivity contribution in [3.8, 4) is 11.5 Å². The second-order valence-electron chi connectivity index (χ2n) is 9.03. The predicted molar refractivity (Wildman–Crippen MR) is 145 cm³/mol. The van der Waals surface area contributed by atoms with Crippen molar-refractivity contribution in [3.63, 3.8) is 0 Å². The highest BCUT2D eigenvalue weighted by molar-refractivity contribution is 6.06. The molecule has 2 N–H and O–H groups in total. The van der Waals surface area contributed by atoms with Gasteiger partial charge in [0.15, 0.2) is 11.5 Å². The zero-order valence-electron chi connectivity index (χ0n) is 21.7. The molecule has 1 atom stereocenters. The van der Waals surface area contributed by atoms with Crippen LogP contribution in [0.15, 0.2) is 78.4 Å². The molecule has 2 heterocycles. The Balaban J connectivity index is 1.53. The summed E-state index contributed by atoms with van der Waals surface area (Å²) >= 11 is 0. The van der Waals surface area contributed by atoms with E-state index in [1.165, 1.54) is 0 Å². The first-order chi connectivity index (χ1) is 19.0. The first kappa shape index (κ1) is 25.8. The Labute approximate surface area is 226 Å². The average Bonchev–Trinajstić information content (AvgIpc) is 3.42. The zero-order chi connectivity index (χ0) is 27.4. The molecule has 0 radical (unpaired) electrons. The topological polar surface area (TPSA) is 106 Å². The number of ether oxygens (including phenoxy) is 3. The lowest BCUT2D eigenvalue weighted by Gasteiger charge is -2.37. The first-order valence-electron chi connectivity index (χ1n) is 12.9. The number of hydrogen-bond donors (Lipinski definition) is 2. The van der Waals surface area contributed by atoms with Crippen molar-refractivity contribution in [2.75, 3.05) is 25.3 Å². The van der Waals surface area contributed by atoms with E-state index in [1.54, 1.807) is 54.3 Å². The molecule has 0 fully saturated rings. The van der Waals surface area contributed by atoms with Crippen LogP contribution in [0.1, 0.15) is 47.8 Å². The van der Waals surface area contributed by atoms with Gasteiger partial charge in [0.1, 0.15) is 0 Å². The molecule has 9 nitrogen and oxygen atoms in total. The number of benzene rings is 3. The molecule has 39 heavy (non-hydrogen) atoms. The predicted octanol–water partition coefficient (Wildman–Crippen LogP) is 5.12. The number of nitrogens with one attached hydrogen (secondary N) is 2. The van der Waals surface area contributed by atoms with E-state index in [9.17, 15) is 14.4 Å². The van der Waals surface area contributed by atoms with E-state index < -0.39 is 12.0 Å². The van der Waals surface area contributed by atoms with Gasteiger partial charge in [0.25, 0.3) is 5.91 Å². The minimum absolute atomic E-state index is 0.118. The van der Waals surface area contributed by atoms with Crippen molar-refractivity contribution >= 4 is 29.3 Å². The van der Waals surface area contributed by atoms with Gasteiger partial charge in [-0.2, -0.15) is 0 Å². The van der Waals surface area contributed by atoms with Crippen LogP contribution in [-0.4, -0.2) is 42.8 Å². The van der Waals surface area contributed by atoms with Crippen molar-refractivity contribution in [2.24, 2.45) is 0 Å². The number of hydrogen-bond acceptors (Lipinski definition) is 6. The van der Waals surface area contributed by atoms with Crippen LogP contribution in [0.25, 0.3) is 5.70 Å². The van der Waals surface area contributed by atoms with Gasteiger partial charge in [-0.25, -0.2) is 9.59 Å². The fraction of sp³-hybridized carbons (Fsp3) is 0.233. The summed E-state index contributed by atoms with van der Waals surface area (Å²) in [6, 6.07) is 20.3. The van der Waals surface area contributed by atoms with Crippen LogP contribution in [0.5, 0.6) is 11.5 Å². The fourth-order valence-electron chi connectivity index (χ4n) is 4.71. The summed E-state index contributed by atoms with van der Waals surface area (Å²) in [5.41, 5.74) is 3.12. The van der Waals surface area contributed by atoms with Gasteiger partial charge in [0.05, 0.1) is 23.9 Å². The second kappa shape index (κ2) is 11.3. The van der Waals surface area contributed by atoms with E-state index in [-0.39, 0.29) is 25.3 Å². The fourth-order valence-corrected chi connectivity index (χ4v) is 4.71. The molecule has 2 aliphatic rings. The SMILES string of the molecule is CCCN1C(=O)NC(c2cccc(NC(=O)c3ccc4c(c3)OCO4)c2)C(C(=O)OCC)=C1c1ccccc1. The molecular weight excluding hydrogens is 498 g/mol. The molecule has 5 rings (SSSR count). The van der Waals surface area contributed by atoms with E-state index in [4.69, 9.17) is 14.2 Å². The van der Waals surface area contributed by atoms with Crippen molar-refractivity contribution < 1.29 is 28.6 Å². The molecular formula is C30H29N3O6. The summed E-state index contributed by atoms with van der Waals surface area (Å²) in [7, 11) is 0. The Bertz CT molecular complexity index is 1440. The van der Waals surface area contributed by atoms with Crippen LogP contribution in [0.4, 0.5) is 10.5 Å². The maximum atomic E-state index is 13.4. The number of amides is 3. The number of carbonyl (C=O) groups is 3. The van der Waals surface area contributed by atoms with Crippen LogP contribution in [0.3, 0.4) is 0 Å². The monoisotopic (exact) mass is 527 g/mol. The van der Waals surface area contributed by atoms with Gasteiger partial charge >= 0.3 is 12.0 Å². The summed E-state index contributed by atoms with van der Waals surface area (Å²) in [6.45, 7) is 4.44. The zero-order valence-corrected chi connectivity index (χ0v) is 21.7. The minimum Gasteiger partial charge on any atom is -0.463 e. The molecule has 1 unspecified atom stereocenters. The van der Waals surface area contributed by atoms with E-state index in [2.05, 4.69) is 10.6 Å². The summed E-state index contributed by atoms with van der Waals surface area (Å²) in [6.07, 6.45) is 0.700. The summed E-state index contributed by atoms with van der Waals surface area (Å²) in [5, 5.41) is 5.87. The minimum atomic E-state index is -0.790. The maximum absolute atomic E-state index is 13.4. The standard InChI is InChI=1S/C30H29N3O6/c1-3-15-33-27(19-9-6-5-7-10-19)25(29(35)37-4-2)26(32-30(33)36)20-11-8-12-22(16-20)31-28(34)21-13-14-23-24(17-21)39-18-38-23/h5-14,16-17,26H,3-4,15,18H2,1-2H3,(H,31,34)(H,32,36). The van der Waals surface area contributed by atoms with Gasteiger partial charge in [0.2, 0.25) is 6.79 Å². The molecule has 9 heteroatoms. The third kappa shape index (κ3) is 5.29. The Morgan fingerprint density at radius 3 is 2.56 bits per heavy atom. The van der Waals surface area contributed by atoms with Crippen molar-refractivity contribution in [3.05, 3.63) is 95.1 Å². The third-order valence-electron chi connectivity index (χ3n) is 6.43. The highest BCUT2D eigenvalue weighted by Gasteiger charge is 2.38. The summed E-state index contributed by atoms with van der Waals surface area (Å²) in [4.78, 5) is 41.4. The van der Waals surface area contributed by atoms with Gasteiger partial charge in [-0.1, -0.05) is 49.4 Å². The van der Waals surface area contributed by atoms with Gasteiger partial charge in [-0.15, -0.1) is 0 Å². The lowest BCUT2D eigenvalue weighted by Crippen LogP contribution is -2.48. The highest BCUT2D eigenvalue weighted by Crippen LogP contribution is 2.37. The first-order valence-corrected chi connectivity index (χ1v) is 12.9. The molecule has 3 aromatic carbocycles. The number of rotatable bonds is 8. The highest BCUT2D eigenvalue weighted by atomic mass is 16.7. The molecule has 0 spiro atoms. The number of urea groups is 1. The van der Waals surface area contributed by atoms with E-state index in [1.807, 2.05) is 37.3 Å². The third-order valence-corrected chi connectivity index (χ3v) is 6.43. The number of carbonyl (C=O) groups excluding carboxylic acids is 3. The maximum Gasteiger partial charge on any atom is 0.338 e. The number of nitrogens with zero attached hydrogens (tertiary/aromatic N) is 1. The van der Waals surface area contributed by atoms with Crippen LogP contribution in [-0.2, 0) is 9.53 Å². The molecule has 200 valence electrons. The molecule has 0 saturated carbocycles. The van der Waals surface area contributed by atoms with Gasteiger partial charge in [0, 0.05) is 17.8 Å². The molecule has 0 aliphatic carbocycles. The summed E-state index contributed by atoms with van der Waals surface area (Å²) < 4.78 is 16.2. The van der Waals surface area contributed by atoms with E-state index in [0.717, 1.165) is 5.56 Å². The smallest absolute Gasteiger partial charge is 0.338 e. The normalized spacial score (nSPS) is 16.1. The van der Waals surface area contributed by atoms with Gasteiger partial charge in [-0.05, 0) is 54.8 Å². The Kier molecular flexibility index (Phi) is 7.49. The Morgan fingerprint density at radius 2 is 1.79 bits per heavy atom. The van der Waals surface area contributed by atoms with Crippen molar-refractivity contribution in [2.45, 2.75) is 26.3 Å². The molecule has 0 bridgehead atoms. The lowest BCUT2D eigenvalue weighted by atomic mass is 9.91. The van der Waals surface area contributed by atoms with Gasteiger partial charge < -0.3 is 24.8 Å². The number of esters is 1. The van der Waals surface area contributed by atoms with Crippen LogP contribution in [0.2, 0.25) is 0 Å². The van der Waals surface area contributed by atoms with Crippen molar-refractivity contribution in [1.29, 1.82) is 0 Å².